The third kappa shape index (κ3) is 12.2. The monoisotopic (exact) mass is 684 g/mol. The van der Waals surface area contributed by atoms with Gasteiger partial charge >= 0.3 is 0 Å². The summed E-state index contributed by atoms with van der Waals surface area (Å²) in [4.78, 5) is 12.0. The first-order valence-corrected chi connectivity index (χ1v) is 18.9. The number of thiophene rings is 1. The quantitative estimate of drug-likeness (QED) is 0.130. The van der Waals surface area contributed by atoms with Crippen molar-refractivity contribution in [2.75, 3.05) is 6.54 Å². The van der Waals surface area contributed by atoms with Crippen LogP contribution < -0.4 is 0 Å². The van der Waals surface area contributed by atoms with Gasteiger partial charge in [0.05, 0.1) is 8.71 Å². The number of nitro benzene ring substituents is 1. The number of halogens is 1. The molecular weight excluding hydrogens is 632 g/mol. The Morgan fingerprint density at radius 3 is 2.17 bits per heavy atom. The minimum Gasteiger partial charge on any atom is -0.258 e. The largest absolute Gasteiger partial charge is 0.289 e. The van der Waals surface area contributed by atoms with Crippen LogP contribution in [-0.4, -0.2) is 30.2 Å². The number of nitrogens with zero attached hydrogens (tertiary/aromatic N) is 2. The van der Waals surface area contributed by atoms with Crippen molar-refractivity contribution in [2.45, 2.75) is 130 Å². The highest BCUT2D eigenvalue weighted by molar-refractivity contribution is 9.11. The standard InChI is InChI=1S/C20H34N2O4S.C11H13BrS.C2H6/c1-5-8-16-21(18(11-6-2)15-14-17(4)7-3)27(25,26)20-13-10-9-12-19(20)22(23)24;1-2-3-9(8-4-5-8)10-6-7-11(12)13-10;1-2/h9-10,12-13,17-18H,5-8,11,14-16H2,1-4H3;6-7H,2-5H2,1H3;1-2H3. The van der Waals surface area contributed by atoms with E-state index in [9.17, 15) is 18.5 Å². The number of rotatable bonds is 16. The van der Waals surface area contributed by atoms with Gasteiger partial charge in [0.25, 0.3) is 5.69 Å². The molecule has 0 amide bonds. The SMILES string of the molecule is CC.CCCC(=C1CC1)c1ccc(Br)s1.CCCCN(C(CCC)CCC(C)CC)S(=O)(=O)c1ccccc1[N+](=O)[O-]. The molecule has 1 fully saturated rings. The lowest BCUT2D eigenvalue weighted by molar-refractivity contribution is -0.387. The summed E-state index contributed by atoms with van der Waals surface area (Å²) < 4.78 is 29.6. The molecule has 1 aromatic heterocycles. The van der Waals surface area contributed by atoms with Crippen LogP contribution in [0.15, 0.2) is 50.7 Å². The van der Waals surface area contributed by atoms with E-state index in [1.807, 2.05) is 39.0 Å². The second-order valence-electron chi connectivity index (χ2n) is 10.7. The molecule has 2 aromatic rings. The maximum atomic E-state index is 13.4. The number of nitro groups is 1. The topological polar surface area (TPSA) is 80.5 Å². The summed E-state index contributed by atoms with van der Waals surface area (Å²) in [5, 5.41) is 11.4. The normalized spacial score (nSPS) is 13.9. The van der Waals surface area contributed by atoms with E-state index in [4.69, 9.17) is 0 Å². The van der Waals surface area contributed by atoms with Crippen LogP contribution in [-0.2, 0) is 10.0 Å². The highest BCUT2D eigenvalue weighted by atomic mass is 79.9. The molecule has 1 aromatic carbocycles. The number of allylic oxidation sites excluding steroid dienone is 2. The summed E-state index contributed by atoms with van der Waals surface area (Å²) in [6, 6.07) is 9.93. The van der Waals surface area contributed by atoms with Crippen molar-refractivity contribution >= 4 is 48.6 Å². The lowest BCUT2D eigenvalue weighted by Crippen LogP contribution is -2.41. The molecule has 238 valence electrons. The van der Waals surface area contributed by atoms with Crippen LogP contribution in [0, 0.1) is 16.0 Å². The van der Waals surface area contributed by atoms with E-state index >= 15 is 0 Å². The highest BCUT2D eigenvalue weighted by Gasteiger charge is 2.35. The molecule has 0 N–H and O–H groups in total. The Balaban J connectivity index is 0.000000485. The average molecular weight is 686 g/mol. The Bertz CT molecular complexity index is 1200. The van der Waals surface area contributed by atoms with Gasteiger partial charge in [0.15, 0.2) is 4.90 Å². The zero-order valence-corrected chi connectivity index (χ0v) is 30.0. The molecular formula is C33H53BrN2O4S2. The second-order valence-corrected chi connectivity index (χ2v) is 15.0. The zero-order valence-electron chi connectivity index (χ0n) is 26.8. The third-order valence-corrected chi connectivity index (χ3v) is 11.1. The molecule has 3 rings (SSSR count). The number of para-hydroxylation sites is 1. The molecule has 2 atom stereocenters. The van der Waals surface area contributed by atoms with E-state index < -0.39 is 14.9 Å². The van der Waals surface area contributed by atoms with Crippen LogP contribution >= 0.6 is 27.3 Å². The van der Waals surface area contributed by atoms with Crippen molar-refractivity contribution in [1.82, 2.24) is 4.31 Å². The molecule has 0 saturated heterocycles. The Morgan fingerprint density at radius 2 is 1.67 bits per heavy atom. The summed E-state index contributed by atoms with van der Waals surface area (Å²) in [7, 11) is -3.93. The van der Waals surface area contributed by atoms with Gasteiger partial charge in [0.1, 0.15) is 0 Å². The highest BCUT2D eigenvalue weighted by Crippen LogP contribution is 2.41. The molecule has 9 heteroatoms. The average Bonchev–Trinajstić information content (AvgIpc) is 3.74. The Morgan fingerprint density at radius 1 is 1.00 bits per heavy atom. The Hall–Kier alpha value is -1.55. The smallest absolute Gasteiger partial charge is 0.258 e. The van der Waals surface area contributed by atoms with Crippen molar-refractivity contribution in [2.24, 2.45) is 5.92 Å². The Labute approximate surface area is 268 Å². The van der Waals surface area contributed by atoms with Gasteiger partial charge in [-0.2, -0.15) is 4.31 Å². The molecule has 0 aliphatic heterocycles. The van der Waals surface area contributed by atoms with Crippen LogP contribution in [0.1, 0.15) is 124 Å². The fourth-order valence-electron chi connectivity index (χ4n) is 4.78. The molecule has 6 nitrogen and oxygen atoms in total. The number of hydrogen-bond donors (Lipinski definition) is 0. The van der Waals surface area contributed by atoms with E-state index in [2.05, 4.69) is 48.8 Å². The van der Waals surface area contributed by atoms with Gasteiger partial charge in [-0.3, -0.25) is 10.1 Å². The van der Waals surface area contributed by atoms with Crippen LogP contribution in [0.3, 0.4) is 0 Å². The second kappa shape index (κ2) is 20.4. The first-order chi connectivity index (χ1) is 20.1. The zero-order chi connectivity index (χ0) is 31.7. The fourth-order valence-corrected chi connectivity index (χ4v) is 8.17. The van der Waals surface area contributed by atoms with Gasteiger partial charge in [-0.15, -0.1) is 11.3 Å². The first-order valence-electron chi connectivity index (χ1n) is 15.8. The maximum Gasteiger partial charge on any atom is 0.289 e. The van der Waals surface area contributed by atoms with E-state index in [1.165, 1.54) is 56.9 Å². The van der Waals surface area contributed by atoms with Crippen LogP contribution in [0.4, 0.5) is 5.69 Å². The van der Waals surface area contributed by atoms with E-state index in [0.29, 0.717) is 12.5 Å². The lowest BCUT2D eigenvalue weighted by Gasteiger charge is -2.31. The van der Waals surface area contributed by atoms with Crippen LogP contribution in [0.2, 0.25) is 0 Å². The molecule has 1 aliphatic carbocycles. The molecule has 0 spiro atoms. The van der Waals surface area contributed by atoms with Gasteiger partial charge < -0.3 is 0 Å². The van der Waals surface area contributed by atoms with E-state index in [-0.39, 0.29) is 16.6 Å². The van der Waals surface area contributed by atoms with Crippen LogP contribution in [0.25, 0.3) is 5.57 Å². The Kier molecular flexibility index (Phi) is 18.7. The van der Waals surface area contributed by atoms with Gasteiger partial charge in [0, 0.05) is 23.5 Å². The molecule has 0 bridgehead atoms. The van der Waals surface area contributed by atoms with Gasteiger partial charge in [-0.05, 0) is 90.6 Å². The molecule has 0 radical (unpaired) electrons. The number of unbranched alkanes of at least 4 members (excludes halogenated alkanes) is 1. The van der Waals surface area contributed by atoms with Crippen molar-refractivity contribution in [3.8, 4) is 0 Å². The third-order valence-electron chi connectivity index (χ3n) is 7.40. The summed E-state index contributed by atoms with van der Waals surface area (Å²) in [5.41, 5.74) is 2.96. The molecule has 1 saturated carbocycles. The van der Waals surface area contributed by atoms with Gasteiger partial charge in [0.2, 0.25) is 10.0 Å². The molecule has 1 aliphatic rings. The minimum absolute atomic E-state index is 0.125. The van der Waals surface area contributed by atoms with Gasteiger partial charge in [-0.1, -0.05) is 91.9 Å². The molecule has 2 unspecified atom stereocenters. The molecule has 42 heavy (non-hydrogen) atoms. The molecule has 1 heterocycles. The van der Waals surface area contributed by atoms with Gasteiger partial charge in [-0.25, -0.2) is 8.42 Å². The maximum absolute atomic E-state index is 13.4. The number of benzene rings is 1. The first kappa shape index (κ1) is 38.5. The fraction of sp³-hybridized carbons (Fsp3) is 0.636. The van der Waals surface area contributed by atoms with E-state index in [1.54, 1.807) is 17.2 Å². The van der Waals surface area contributed by atoms with Crippen molar-refractivity contribution in [3.63, 3.8) is 0 Å². The summed E-state index contributed by atoms with van der Waals surface area (Å²) in [5.74, 6) is 0.533. The lowest BCUT2D eigenvalue weighted by atomic mass is 9.97. The number of hydrogen-bond acceptors (Lipinski definition) is 5. The minimum atomic E-state index is -3.93. The van der Waals surface area contributed by atoms with Crippen molar-refractivity contribution < 1.29 is 13.3 Å². The summed E-state index contributed by atoms with van der Waals surface area (Å²) in [6.07, 6.45) is 11.2. The predicted octanol–water partition coefficient (Wildman–Crippen LogP) is 11.3. The van der Waals surface area contributed by atoms with Crippen LogP contribution in [0.5, 0.6) is 0 Å². The summed E-state index contributed by atoms with van der Waals surface area (Å²) in [6.45, 7) is 15.0. The number of sulfonamides is 1. The summed E-state index contributed by atoms with van der Waals surface area (Å²) >= 11 is 5.38. The van der Waals surface area contributed by atoms with Crippen molar-refractivity contribution in [3.05, 3.63) is 60.7 Å². The predicted molar refractivity (Wildman–Crippen MR) is 184 cm³/mol. The van der Waals surface area contributed by atoms with Crippen molar-refractivity contribution in [1.29, 1.82) is 0 Å². The van der Waals surface area contributed by atoms with E-state index in [0.717, 1.165) is 44.9 Å².